The van der Waals surface area contributed by atoms with E-state index in [4.69, 9.17) is 0 Å². The van der Waals surface area contributed by atoms with Gasteiger partial charge in [-0.15, -0.1) is 0 Å². The molecule has 0 aliphatic carbocycles. The quantitative estimate of drug-likeness (QED) is 0.489. The molecule has 0 saturated heterocycles. The zero-order valence-electron chi connectivity index (χ0n) is 10.2. The third-order valence-electron chi connectivity index (χ3n) is 1.26. The molecule has 0 nitrogen and oxygen atoms in total. The van der Waals surface area contributed by atoms with Crippen LogP contribution in [-0.2, 0) is 16.5 Å². The van der Waals surface area contributed by atoms with Gasteiger partial charge < -0.3 is 13.8 Å². The average molecular weight is 248 g/mol. The number of rotatable bonds is 0. The van der Waals surface area contributed by atoms with Crippen molar-refractivity contribution in [2.24, 2.45) is 0 Å². The van der Waals surface area contributed by atoms with E-state index in [2.05, 4.69) is 34.7 Å². The topological polar surface area (TPSA) is 0 Å². The molecule has 0 saturated carbocycles. The number of hydrogen-bond donors (Lipinski definition) is 0. The Hall–Kier alpha value is -0.222. The predicted molar refractivity (Wildman–Crippen MR) is 69.3 cm³/mol. The van der Waals surface area contributed by atoms with Crippen LogP contribution >= 0.6 is 0 Å². The molecule has 0 unspecified atom stereocenters. The van der Waals surface area contributed by atoms with Crippen molar-refractivity contribution >= 4 is 13.3 Å². The van der Waals surface area contributed by atoms with Gasteiger partial charge in [0.25, 0.3) is 0 Å². The fourth-order valence-corrected chi connectivity index (χ4v) is 0.610. The zero-order chi connectivity index (χ0) is 11.4. The Morgan fingerprint density at radius 2 is 1.40 bits per heavy atom. The Morgan fingerprint density at radius 1 is 1.07 bits per heavy atom. The molecule has 1 rings (SSSR count). The maximum Gasteiger partial charge on any atom is 2.00 e. The van der Waals surface area contributed by atoms with Crippen LogP contribution in [0.2, 0.25) is 0 Å². The molecule has 1 aromatic rings. The zero-order valence-corrected chi connectivity index (χ0v) is 11.1. The van der Waals surface area contributed by atoms with Gasteiger partial charge in [-0.1, -0.05) is 49.1 Å². The van der Waals surface area contributed by atoms with Crippen LogP contribution in [-0.4, -0.2) is 7.85 Å². The van der Waals surface area contributed by atoms with E-state index >= 15 is 0 Å². The van der Waals surface area contributed by atoms with Crippen LogP contribution in [0.3, 0.4) is 0 Å². The van der Waals surface area contributed by atoms with E-state index in [1.807, 2.05) is 32.0 Å². The molecule has 0 fully saturated rings. The van der Waals surface area contributed by atoms with Gasteiger partial charge in [-0.3, -0.25) is 0 Å². The van der Waals surface area contributed by atoms with Gasteiger partial charge in [0, 0.05) is 0 Å². The van der Waals surface area contributed by atoms with E-state index in [9.17, 15) is 0 Å². The molecule has 87 valence electrons. The minimum atomic E-state index is 0. The van der Waals surface area contributed by atoms with E-state index in [1.54, 1.807) is 0 Å². The molecule has 2 heteroatoms. The summed E-state index contributed by atoms with van der Waals surface area (Å²) in [7, 11) is 3.82. The molecule has 1 aromatic carbocycles. The van der Waals surface area contributed by atoms with Crippen molar-refractivity contribution < 1.29 is 16.5 Å². The van der Waals surface area contributed by atoms with Crippen molar-refractivity contribution in [1.82, 2.24) is 0 Å². The SMILES string of the molecule is [BH]c1ccccc1C.[CH2-]CC.[CH2-]CC.[Ni+2]. The Labute approximate surface area is 107 Å². The first kappa shape index (κ1) is 20.2. The molecule has 0 heterocycles. The van der Waals surface area contributed by atoms with Gasteiger partial charge in [0.05, 0.1) is 0 Å². The maximum atomic E-state index is 3.82. The largest absolute Gasteiger partial charge is 2.00 e. The number of benzene rings is 1. The third kappa shape index (κ3) is 16.5. The second-order valence-corrected chi connectivity index (χ2v) is 2.93. The summed E-state index contributed by atoms with van der Waals surface area (Å²) < 4.78 is 0. The summed E-state index contributed by atoms with van der Waals surface area (Å²) in [6.45, 7) is 13.1. The average Bonchev–Trinajstić information content (AvgIpc) is 2.13. The van der Waals surface area contributed by atoms with Crippen LogP contribution < -0.4 is 5.46 Å². The van der Waals surface area contributed by atoms with Crippen molar-refractivity contribution in [2.45, 2.75) is 33.6 Å². The van der Waals surface area contributed by atoms with Gasteiger partial charge in [-0.25, -0.2) is 0 Å². The molecule has 0 aliphatic rings. The maximum absolute atomic E-state index is 3.82. The van der Waals surface area contributed by atoms with Crippen LogP contribution in [0.25, 0.3) is 0 Å². The summed E-state index contributed by atoms with van der Waals surface area (Å²) in [5, 5.41) is 0. The second kappa shape index (κ2) is 16.2. The van der Waals surface area contributed by atoms with Gasteiger partial charge in [0.2, 0.25) is 0 Å². The standard InChI is InChI=1S/C7H8B.2C3H7.Ni/c1-6-4-2-3-5-7(6)8;2*1-3-2;/h2-5,8H,1H3;2*1,3H2,2H3;/q;2*-1;+2. The first-order chi connectivity index (χ1) is 6.63. The van der Waals surface area contributed by atoms with E-state index in [1.165, 1.54) is 5.56 Å². The van der Waals surface area contributed by atoms with Crippen LogP contribution in [0.15, 0.2) is 24.3 Å². The first-order valence-electron chi connectivity index (χ1n) is 5.10. The smallest absolute Gasteiger partial charge is 0.344 e. The predicted octanol–water partition coefficient (Wildman–Crippen LogP) is 2.98. The minimum absolute atomic E-state index is 0. The van der Waals surface area contributed by atoms with Gasteiger partial charge in [0.1, 0.15) is 7.85 Å². The van der Waals surface area contributed by atoms with Gasteiger partial charge in [-0.2, -0.15) is 12.8 Å². The van der Waals surface area contributed by atoms with Crippen LogP contribution in [0.5, 0.6) is 0 Å². The normalized spacial score (nSPS) is 7.27. The third-order valence-corrected chi connectivity index (χ3v) is 1.26. The Balaban J connectivity index is -0.000000177. The number of aryl methyl sites for hydroxylation is 1. The van der Waals surface area contributed by atoms with Crippen LogP contribution in [0.4, 0.5) is 0 Å². The van der Waals surface area contributed by atoms with E-state index < -0.39 is 0 Å². The van der Waals surface area contributed by atoms with Crippen molar-refractivity contribution in [3.63, 3.8) is 0 Å². The number of hydrogen-bond acceptors (Lipinski definition) is 0. The molecular weight excluding hydrogens is 226 g/mol. The fourth-order valence-electron chi connectivity index (χ4n) is 0.610. The monoisotopic (exact) mass is 247 g/mol. The minimum Gasteiger partial charge on any atom is -0.344 e. The summed E-state index contributed by atoms with van der Waals surface area (Å²) in [6.07, 6.45) is 2.00. The molecule has 0 aromatic heterocycles. The molecular formula is C13H22BNi. The van der Waals surface area contributed by atoms with Crippen LogP contribution in [0.1, 0.15) is 32.3 Å². The van der Waals surface area contributed by atoms with Crippen LogP contribution in [0, 0.1) is 20.8 Å². The molecule has 0 amide bonds. The Kier molecular flexibility index (Phi) is 21.9. The van der Waals surface area contributed by atoms with E-state index in [0.717, 1.165) is 18.3 Å². The molecule has 15 heavy (non-hydrogen) atoms. The van der Waals surface area contributed by atoms with Gasteiger partial charge >= 0.3 is 16.5 Å². The molecule has 1 radical (unpaired) electrons. The van der Waals surface area contributed by atoms with Gasteiger partial charge in [-0.05, 0) is 6.92 Å². The van der Waals surface area contributed by atoms with E-state index in [-0.39, 0.29) is 16.5 Å². The molecule has 0 N–H and O–H groups in total. The Morgan fingerprint density at radius 3 is 1.60 bits per heavy atom. The Bertz CT molecular complexity index is 188. The first-order valence-corrected chi connectivity index (χ1v) is 5.10. The molecule has 0 spiro atoms. The summed E-state index contributed by atoms with van der Waals surface area (Å²) in [5.74, 6) is 0. The fraction of sp³-hybridized carbons (Fsp3) is 0.385. The second-order valence-electron chi connectivity index (χ2n) is 2.93. The van der Waals surface area contributed by atoms with E-state index in [0.29, 0.717) is 0 Å². The van der Waals surface area contributed by atoms with Crippen molar-refractivity contribution in [3.05, 3.63) is 43.7 Å². The van der Waals surface area contributed by atoms with Crippen molar-refractivity contribution in [3.8, 4) is 0 Å². The molecule has 0 bridgehead atoms. The molecule has 0 atom stereocenters. The van der Waals surface area contributed by atoms with Crippen molar-refractivity contribution in [2.75, 3.05) is 0 Å². The van der Waals surface area contributed by atoms with Crippen molar-refractivity contribution in [1.29, 1.82) is 0 Å². The van der Waals surface area contributed by atoms with Gasteiger partial charge in [0.15, 0.2) is 0 Å². The summed E-state index contributed by atoms with van der Waals surface area (Å²) in [4.78, 5) is 0. The molecule has 0 aliphatic heterocycles. The summed E-state index contributed by atoms with van der Waals surface area (Å²) in [6, 6.07) is 8.08. The summed E-state index contributed by atoms with van der Waals surface area (Å²) >= 11 is 0. The summed E-state index contributed by atoms with van der Waals surface area (Å²) in [5.41, 5.74) is 2.38.